The molecule has 0 radical (unpaired) electrons. The molecule has 0 spiro atoms. The number of ether oxygens (including phenoxy) is 1. The summed E-state index contributed by atoms with van der Waals surface area (Å²) in [6, 6.07) is 23.6. The lowest BCUT2D eigenvalue weighted by Gasteiger charge is -2.39. The number of aliphatic carboxylic acids is 1. The Morgan fingerprint density at radius 3 is 2.00 bits per heavy atom. The molecule has 2 aliphatic rings. The SMILES string of the molecule is CC1(C)c2ccccc2N(C(=O)OCC2c3ccccc3-c3ccccc32)C1(C)C(=O)O. The van der Waals surface area contributed by atoms with E-state index >= 15 is 0 Å². The second-order valence-electron chi connectivity index (χ2n) is 9.16. The van der Waals surface area contributed by atoms with Crippen LogP contribution in [-0.2, 0) is 14.9 Å². The summed E-state index contributed by atoms with van der Waals surface area (Å²) in [5, 5.41) is 10.2. The number of carboxylic acid groups (broad SMARTS) is 1. The predicted molar refractivity (Wildman–Crippen MR) is 123 cm³/mol. The largest absolute Gasteiger partial charge is 0.479 e. The van der Waals surface area contributed by atoms with E-state index in [1.165, 1.54) is 4.90 Å². The fourth-order valence-electron chi connectivity index (χ4n) is 5.28. The van der Waals surface area contributed by atoms with E-state index in [0.29, 0.717) is 5.69 Å². The number of para-hydroxylation sites is 1. The van der Waals surface area contributed by atoms with Gasteiger partial charge in [0.25, 0.3) is 0 Å². The lowest BCUT2D eigenvalue weighted by molar-refractivity contribution is -0.144. The standard InChI is InChI=1S/C27H25NO4/c1-26(2)22-14-8-9-15-23(22)28(27(26,3)24(29)30)25(31)32-16-21-19-12-6-4-10-17(19)18-11-5-7-13-20(18)21/h4-15,21H,16H2,1-3H3,(H,29,30). The zero-order chi connectivity index (χ0) is 22.7. The van der Waals surface area contributed by atoms with Crippen LogP contribution in [-0.4, -0.2) is 29.3 Å². The van der Waals surface area contributed by atoms with Crippen LogP contribution in [0.5, 0.6) is 0 Å². The van der Waals surface area contributed by atoms with E-state index < -0.39 is 23.0 Å². The molecule has 32 heavy (non-hydrogen) atoms. The van der Waals surface area contributed by atoms with Gasteiger partial charge in [-0.1, -0.05) is 80.6 Å². The first-order chi connectivity index (χ1) is 15.3. The first-order valence-electron chi connectivity index (χ1n) is 10.8. The molecule has 1 aliphatic carbocycles. The lowest BCUT2D eigenvalue weighted by atomic mass is 9.71. The fourth-order valence-corrected chi connectivity index (χ4v) is 5.28. The number of hydrogen-bond acceptors (Lipinski definition) is 3. The fraction of sp³-hybridized carbons (Fsp3) is 0.259. The van der Waals surface area contributed by atoms with Gasteiger partial charge in [0.05, 0.1) is 5.69 Å². The number of rotatable bonds is 3. The van der Waals surface area contributed by atoms with Crippen molar-refractivity contribution in [2.45, 2.75) is 37.6 Å². The number of carbonyl (C=O) groups is 2. The van der Waals surface area contributed by atoms with Gasteiger partial charge < -0.3 is 9.84 Å². The number of anilines is 1. The van der Waals surface area contributed by atoms with Crippen molar-refractivity contribution in [3.8, 4) is 11.1 Å². The van der Waals surface area contributed by atoms with Crippen LogP contribution in [0, 0.1) is 0 Å². The zero-order valence-corrected chi connectivity index (χ0v) is 18.3. The van der Waals surface area contributed by atoms with E-state index in [2.05, 4.69) is 24.3 Å². The summed E-state index contributed by atoms with van der Waals surface area (Å²) in [6.45, 7) is 5.45. The highest BCUT2D eigenvalue weighted by Crippen LogP contribution is 2.52. The van der Waals surface area contributed by atoms with Gasteiger partial charge in [0.2, 0.25) is 0 Å². The van der Waals surface area contributed by atoms with Crippen LogP contribution in [0.15, 0.2) is 72.8 Å². The molecule has 5 rings (SSSR count). The van der Waals surface area contributed by atoms with E-state index in [-0.39, 0.29) is 12.5 Å². The van der Waals surface area contributed by atoms with Gasteiger partial charge in [-0.15, -0.1) is 0 Å². The molecule has 1 heterocycles. The first kappa shape index (κ1) is 20.3. The molecule has 1 aliphatic heterocycles. The summed E-state index contributed by atoms with van der Waals surface area (Å²) in [6.07, 6.45) is -0.644. The molecule has 1 N–H and O–H groups in total. The number of amides is 1. The van der Waals surface area contributed by atoms with Crippen molar-refractivity contribution in [3.05, 3.63) is 89.5 Å². The molecule has 1 unspecified atom stereocenters. The van der Waals surface area contributed by atoms with Gasteiger partial charge in [-0.05, 0) is 40.8 Å². The minimum absolute atomic E-state index is 0.0895. The Kier molecular flexibility index (Phi) is 4.41. The Morgan fingerprint density at radius 2 is 1.41 bits per heavy atom. The van der Waals surface area contributed by atoms with Crippen molar-refractivity contribution in [1.82, 2.24) is 0 Å². The van der Waals surface area contributed by atoms with Gasteiger partial charge >= 0.3 is 12.1 Å². The minimum Gasteiger partial charge on any atom is -0.479 e. The number of nitrogens with zero attached hydrogens (tertiary/aromatic N) is 1. The number of fused-ring (bicyclic) bond motifs is 4. The third-order valence-electron chi connectivity index (χ3n) is 7.42. The highest BCUT2D eigenvalue weighted by atomic mass is 16.6. The summed E-state index contributed by atoms with van der Waals surface area (Å²) in [5.74, 6) is -1.15. The molecule has 5 heteroatoms. The van der Waals surface area contributed by atoms with Gasteiger partial charge in [0.1, 0.15) is 6.61 Å². The Balaban J connectivity index is 1.49. The average Bonchev–Trinajstić information content (AvgIpc) is 3.20. The van der Waals surface area contributed by atoms with Crippen molar-refractivity contribution in [1.29, 1.82) is 0 Å². The van der Waals surface area contributed by atoms with E-state index in [1.54, 1.807) is 13.0 Å². The molecule has 1 amide bonds. The minimum atomic E-state index is -1.47. The number of carboxylic acids is 1. The summed E-state index contributed by atoms with van der Waals surface area (Å²) in [5.41, 5.74) is 3.66. The normalized spacial score (nSPS) is 20.4. The van der Waals surface area contributed by atoms with E-state index in [1.807, 2.05) is 56.3 Å². The first-order valence-corrected chi connectivity index (χ1v) is 10.8. The van der Waals surface area contributed by atoms with Crippen LogP contribution in [0.1, 0.15) is 43.4 Å². The predicted octanol–water partition coefficient (Wildman–Crippen LogP) is 5.58. The molecule has 5 nitrogen and oxygen atoms in total. The summed E-state index contributed by atoms with van der Waals surface area (Å²) < 4.78 is 5.84. The van der Waals surface area contributed by atoms with Crippen molar-refractivity contribution in [2.75, 3.05) is 11.5 Å². The molecular formula is C27H25NO4. The van der Waals surface area contributed by atoms with Gasteiger partial charge in [0, 0.05) is 11.3 Å². The second kappa shape index (κ2) is 6.95. The highest BCUT2D eigenvalue weighted by molar-refractivity contribution is 6.03. The third kappa shape index (κ3) is 2.57. The second-order valence-corrected chi connectivity index (χ2v) is 9.16. The molecule has 0 saturated heterocycles. The molecule has 3 aromatic carbocycles. The molecule has 162 valence electrons. The molecular weight excluding hydrogens is 402 g/mol. The van der Waals surface area contributed by atoms with E-state index in [4.69, 9.17) is 4.74 Å². The maximum Gasteiger partial charge on any atom is 0.415 e. The molecule has 0 aromatic heterocycles. The van der Waals surface area contributed by atoms with Crippen molar-refractivity contribution < 1.29 is 19.4 Å². The van der Waals surface area contributed by atoms with Crippen LogP contribution < -0.4 is 4.90 Å². The highest BCUT2D eigenvalue weighted by Gasteiger charge is 2.61. The topological polar surface area (TPSA) is 66.8 Å². The van der Waals surface area contributed by atoms with Crippen molar-refractivity contribution in [3.63, 3.8) is 0 Å². The van der Waals surface area contributed by atoms with Crippen LogP contribution in [0.3, 0.4) is 0 Å². The van der Waals surface area contributed by atoms with Crippen LogP contribution in [0.2, 0.25) is 0 Å². The van der Waals surface area contributed by atoms with Gasteiger partial charge in [-0.3, -0.25) is 4.90 Å². The molecule has 1 atom stereocenters. The summed E-state index contributed by atoms with van der Waals surface area (Å²) in [7, 11) is 0. The number of hydrogen-bond donors (Lipinski definition) is 1. The van der Waals surface area contributed by atoms with Crippen LogP contribution >= 0.6 is 0 Å². The number of carbonyl (C=O) groups excluding carboxylic acids is 1. The van der Waals surface area contributed by atoms with Gasteiger partial charge in [-0.2, -0.15) is 0 Å². The Bertz CT molecular complexity index is 1200. The van der Waals surface area contributed by atoms with Gasteiger partial charge in [-0.25, -0.2) is 9.59 Å². The van der Waals surface area contributed by atoms with Crippen LogP contribution in [0.25, 0.3) is 11.1 Å². The van der Waals surface area contributed by atoms with Crippen molar-refractivity contribution >= 4 is 17.7 Å². The smallest absolute Gasteiger partial charge is 0.415 e. The average molecular weight is 428 g/mol. The Morgan fingerprint density at radius 1 is 0.875 bits per heavy atom. The molecule has 3 aromatic rings. The van der Waals surface area contributed by atoms with E-state index in [9.17, 15) is 14.7 Å². The van der Waals surface area contributed by atoms with Crippen LogP contribution in [0.4, 0.5) is 10.5 Å². The van der Waals surface area contributed by atoms with Gasteiger partial charge in [0.15, 0.2) is 5.54 Å². The molecule has 0 bridgehead atoms. The maximum atomic E-state index is 13.4. The Hall–Kier alpha value is -3.60. The zero-order valence-electron chi connectivity index (χ0n) is 18.3. The summed E-state index contributed by atoms with van der Waals surface area (Å²) >= 11 is 0. The maximum absolute atomic E-state index is 13.4. The quantitative estimate of drug-likeness (QED) is 0.593. The monoisotopic (exact) mass is 427 g/mol. The lowest BCUT2D eigenvalue weighted by Crippen LogP contribution is -2.61. The number of benzene rings is 3. The Labute approximate surface area is 187 Å². The third-order valence-corrected chi connectivity index (χ3v) is 7.42. The van der Waals surface area contributed by atoms with Crippen molar-refractivity contribution in [2.24, 2.45) is 0 Å². The van der Waals surface area contributed by atoms with E-state index in [0.717, 1.165) is 27.8 Å². The summed E-state index contributed by atoms with van der Waals surface area (Å²) in [4.78, 5) is 27.2. The molecule has 0 saturated carbocycles. The molecule has 0 fully saturated rings.